The third kappa shape index (κ3) is 1.28. The number of benzene rings is 2. The van der Waals surface area contributed by atoms with E-state index in [-0.39, 0.29) is 11.5 Å². The molecule has 0 aromatic heterocycles. The number of rotatable bonds is 0. The largest absolute Gasteiger partial charge is 0.508 e. The molecule has 0 aliphatic carbocycles. The van der Waals surface area contributed by atoms with Crippen molar-refractivity contribution in [1.29, 1.82) is 0 Å². The van der Waals surface area contributed by atoms with Crippen molar-refractivity contribution in [3.8, 4) is 11.5 Å². The van der Waals surface area contributed by atoms with E-state index in [1.807, 2.05) is 0 Å². The van der Waals surface area contributed by atoms with E-state index >= 15 is 0 Å². The molecule has 2 N–H and O–H groups in total. The van der Waals surface area contributed by atoms with Crippen molar-refractivity contribution in [2.24, 2.45) is 0 Å². The van der Waals surface area contributed by atoms with E-state index in [4.69, 9.17) is 10.2 Å². The molecule has 0 amide bonds. The maximum atomic E-state index is 13.2. The summed E-state index contributed by atoms with van der Waals surface area (Å²) in [5.74, 6) is -0.640. The maximum Gasteiger partial charge on any atom is 0.134 e. The second kappa shape index (κ2) is 2.62. The van der Waals surface area contributed by atoms with Crippen molar-refractivity contribution in [2.45, 2.75) is 0 Å². The van der Waals surface area contributed by atoms with Gasteiger partial charge in [0.05, 0.1) is 0 Å². The van der Waals surface area contributed by atoms with Gasteiger partial charge in [0.15, 0.2) is 0 Å². The molecule has 0 unspecified atom stereocenters. The number of hydrogen-bond donors (Lipinski definition) is 2. The summed E-state index contributed by atoms with van der Waals surface area (Å²) in [6.45, 7) is 0. The molecule has 0 saturated carbocycles. The Bertz CT molecular complexity index is 466. The van der Waals surface area contributed by atoms with Crippen LogP contribution in [-0.2, 0) is 0 Å². The SMILES string of the molecule is Oc1cc(F)c2cc(O)ccc2c1. The summed E-state index contributed by atoms with van der Waals surface area (Å²) < 4.78 is 13.2. The third-order valence-electron chi connectivity index (χ3n) is 1.87. The van der Waals surface area contributed by atoms with Crippen LogP contribution in [-0.4, -0.2) is 10.2 Å². The van der Waals surface area contributed by atoms with Crippen molar-refractivity contribution in [1.82, 2.24) is 0 Å². The summed E-state index contributed by atoms with van der Waals surface area (Å²) in [4.78, 5) is 0. The summed E-state index contributed by atoms with van der Waals surface area (Å²) in [5.41, 5.74) is 0. The van der Waals surface area contributed by atoms with E-state index in [2.05, 4.69) is 0 Å². The van der Waals surface area contributed by atoms with Crippen LogP contribution in [0.5, 0.6) is 11.5 Å². The lowest BCUT2D eigenvalue weighted by Crippen LogP contribution is -1.79. The van der Waals surface area contributed by atoms with Crippen molar-refractivity contribution in [2.75, 3.05) is 0 Å². The molecule has 0 aliphatic rings. The van der Waals surface area contributed by atoms with E-state index in [9.17, 15) is 4.39 Å². The predicted molar refractivity (Wildman–Crippen MR) is 47.2 cm³/mol. The van der Waals surface area contributed by atoms with Gasteiger partial charge >= 0.3 is 0 Å². The highest BCUT2D eigenvalue weighted by atomic mass is 19.1. The number of aromatic hydroxyl groups is 2. The Morgan fingerprint density at radius 2 is 1.69 bits per heavy atom. The smallest absolute Gasteiger partial charge is 0.134 e. The first-order valence-corrected chi connectivity index (χ1v) is 3.78. The molecule has 0 aliphatic heterocycles. The third-order valence-corrected chi connectivity index (χ3v) is 1.87. The van der Waals surface area contributed by atoms with Crippen molar-refractivity contribution < 1.29 is 14.6 Å². The fourth-order valence-electron chi connectivity index (χ4n) is 1.29. The molecular weight excluding hydrogens is 171 g/mol. The zero-order chi connectivity index (χ0) is 9.42. The second-order valence-electron chi connectivity index (χ2n) is 2.83. The van der Waals surface area contributed by atoms with Gasteiger partial charge in [-0.3, -0.25) is 0 Å². The molecule has 0 radical (unpaired) electrons. The Morgan fingerprint density at radius 3 is 2.46 bits per heavy atom. The molecular formula is C10H7FO2. The molecule has 0 atom stereocenters. The summed E-state index contributed by atoms with van der Waals surface area (Å²) >= 11 is 0. The Morgan fingerprint density at radius 1 is 0.923 bits per heavy atom. The number of hydrogen-bond acceptors (Lipinski definition) is 2. The van der Waals surface area contributed by atoms with Crippen LogP contribution >= 0.6 is 0 Å². The number of phenols is 2. The monoisotopic (exact) mass is 178 g/mol. The Labute approximate surface area is 73.9 Å². The minimum Gasteiger partial charge on any atom is -0.508 e. The Hall–Kier alpha value is -1.77. The molecule has 66 valence electrons. The van der Waals surface area contributed by atoms with Crippen LogP contribution < -0.4 is 0 Å². The molecule has 0 bridgehead atoms. The number of phenolic OH excluding ortho intramolecular Hbond substituents is 2. The molecule has 0 heterocycles. The van der Waals surface area contributed by atoms with Gasteiger partial charge in [0.2, 0.25) is 0 Å². The van der Waals surface area contributed by atoms with Gasteiger partial charge in [-0.25, -0.2) is 4.39 Å². The average Bonchev–Trinajstić information content (AvgIpc) is 2.06. The van der Waals surface area contributed by atoms with E-state index < -0.39 is 5.82 Å². The van der Waals surface area contributed by atoms with Gasteiger partial charge in [-0.05, 0) is 23.6 Å². The van der Waals surface area contributed by atoms with Crippen LogP contribution in [0.25, 0.3) is 10.8 Å². The van der Waals surface area contributed by atoms with Gasteiger partial charge in [0.1, 0.15) is 17.3 Å². The quantitative estimate of drug-likeness (QED) is 0.650. The second-order valence-corrected chi connectivity index (χ2v) is 2.83. The summed E-state index contributed by atoms with van der Waals surface area (Å²) in [6, 6.07) is 6.78. The molecule has 0 saturated heterocycles. The van der Waals surface area contributed by atoms with Crippen LogP contribution in [0.1, 0.15) is 0 Å². The Kier molecular flexibility index (Phi) is 1.59. The molecule has 2 aromatic rings. The van der Waals surface area contributed by atoms with E-state index in [1.54, 1.807) is 6.07 Å². The lowest BCUT2D eigenvalue weighted by atomic mass is 10.1. The summed E-state index contributed by atoms with van der Waals surface area (Å²) in [6.07, 6.45) is 0. The highest BCUT2D eigenvalue weighted by molar-refractivity contribution is 5.85. The predicted octanol–water partition coefficient (Wildman–Crippen LogP) is 2.39. The molecule has 0 fully saturated rings. The normalized spacial score (nSPS) is 10.5. The fourth-order valence-corrected chi connectivity index (χ4v) is 1.29. The minimum absolute atomic E-state index is 0.0112. The van der Waals surface area contributed by atoms with Gasteiger partial charge in [0.25, 0.3) is 0 Å². The average molecular weight is 178 g/mol. The first-order valence-electron chi connectivity index (χ1n) is 3.78. The number of fused-ring (bicyclic) bond motifs is 1. The fraction of sp³-hybridized carbons (Fsp3) is 0. The Balaban J connectivity index is 2.87. The zero-order valence-electron chi connectivity index (χ0n) is 6.66. The highest BCUT2D eigenvalue weighted by Crippen LogP contribution is 2.26. The molecule has 2 nitrogen and oxygen atoms in total. The molecule has 2 aromatic carbocycles. The van der Waals surface area contributed by atoms with Crippen molar-refractivity contribution in [3.05, 3.63) is 36.1 Å². The lowest BCUT2D eigenvalue weighted by molar-refractivity contribution is 0.469. The minimum atomic E-state index is -0.536. The number of halogens is 1. The van der Waals surface area contributed by atoms with Gasteiger partial charge in [-0.2, -0.15) is 0 Å². The molecule has 0 spiro atoms. The standard InChI is InChI=1S/C10H7FO2/c11-10-5-8(13)3-6-1-2-7(12)4-9(6)10/h1-5,12-13H. The molecule has 2 rings (SSSR count). The van der Waals surface area contributed by atoms with Gasteiger partial charge < -0.3 is 10.2 Å². The van der Waals surface area contributed by atoms with Gasteiger partial charge in [0, 0.05) is 11.5 Å². The van der Waals surface area contributed by atoms with E-state index in [1.165, 1.54) is 18.2 Å². The maximum absolute atomic E-state index is 13.2. The lowest BCUT2D eigenvalue weighted by Gasteiger charge is -2.01. The summed E-state index contributed by atoms with van der Waals surface area (Å²) in [5, 5.41) is 19.0. The summed E-state index contributed by atoms with van der Waals surface area (Å²) in [7, 11) is 0. The molecule has 3 heteroatoms. The highest BCUT2D eigenvalue weighted by Gasteiger charge is 2.03. The van der Waals surface area contributed by atoms with E-state index in [0.29, 0.717) is 10.8 Å². The van der Waals surface area contributed by atoms with Crippen LogP contribution in [0.15, 0.2) is 30.3 Å². The van der Waals surface area contributed by atoms with Crippen LogP contribution in [0.2, 0.25) is 0 Å². The molecule has 13 heavy (non-hydrogen) atoms. The zero-order valence-corrected chi connectivity index (χ0v) is 6.66. The van der Waals surface area contributed by atoms with Crippen LogP contribution in [0, 0.1) is 5.82 Å². The first-order chi connectivity index (χ1) is 6.16. The van der Waals surface area contributed by atoms with E-state index in [0.717, 1.165) is 6.07 Å². The topological polar surface area (TPSA) is 40.5 Å². The van der Waals surface area contributed by atoms with Crippen molar-refractivity contribution in [3.63, 3.8) is 0 Å². The van der Waals surface area contributed by atoms with Crippen molar-refractivity contribution >= 4 is 10.8 Å². The van der Waals surface area contributed by atoms with Gasteiger partial charge in [-0.1, -0.05) is 6.07 Å². The van der Waals surface area contributed by atoms with Crippen LogP contribution in [0.4, 0.5) is 4.39 Å². The van der Waals surface area contributed by atoms with Crippen LogP contribution in [0.3, 0.4) is 0 Å². The first kappa shape index (κ1) is 7.86. The van der Waals surface area contributed by atoms with Gasteiger partial charge in [-0.15, -0.1) is 0 Å².